The van der Waals surface area contributed by atoms with Crippen LogP contribution in [0, 0.1) is 0 Å². The van der Waals surface area contributed by atoms with Crippen LogP contribution >= 0.6 is 55.1 Å². The summed E-state index contributed by atoms with van der Waals surface area (Å²) in [5.41, 5.74) is 2.36. The first-order valence-electron chi connectivity index (χ1n) is 13.1. The van der Waals surface area contributed by atoms with Crippen molar-refractivity contribution < 1.29 is 13.9 Å². The van der Waals surface area contributed by atoms with E-state index in [1.807, 2.05) is 49.4 Å². The maximum atomic E-state index is 13.7. The van der Waals surface area contributed by atoms with E-state index in [-0.39, 0.29) is 18.0 Å². The Balaban J connectivity index is 1.42. The highest BCUT2D eigenvalue weighted by Crippen LogP contribution is 2.43. The first-order valence-corrected chi connectivity index (χ1v) is 15.4. The van der Waals surface area contributed by atoms with E-state index >= 15 is 0 Å². The molecule has 0 atom stereocenters. The molecule has 0 aliphatic carbocycles. The third kappa shape index (κ3) is 5.95. The average molecular weight is 742 g/mol. The van der Waals surface area contributed by atoms with Crippen molar-refractivity contribution in [3.05, 3.63) is 119 Å². The molecular weight excluding hydrogens is 721 g/mol. The third-order valence-electron chi connectivity index (χ3n) is 6.53. The van der Waals surface area contributed by atoms with Crippen molar-refractivity contribution in [1.82, 2.24) is 9.66 Å². The number of rotatable bonds is 8. The molecule has 6 aromatic rings. The van der Waals surface area contributed by atoms with E-state index < -0.39 is 0 Å². The van der Waals surface area contributed by atoms with Crippen molar-refractivity contribution in [2.24, 2.45) is 5.10 Å². The van der Waals surface area contributed by atoms with E-state index in [9.17, 15) is 4.79 Å². The number of hydrogen-bond donors (Lipinski definition) is 0. The van der Waals surface area contributed by atoms with Crippen LogP contribution in [-0.4, -0.2) is 22.5 Å². The van der Waals surface area contributed by atoms with Crippen LogP contribution in [0.5, 0.6) is 11.5 Å². The molecule has 0 amide bonds. The van der Waals surface area contributed by atoms with Gasteiger partial charge in [-0.1, -0.05) is 59.6 Å². The fourth-order valence-electron chi connectivity index (χ4n) is 4.48. The lowest BCUT2D eigenvalue weighted by molar-refractivity contribution is 0.267. The second-order valence-corrected chi connectivity index (χ2v) is 11.8. The molecule has 0 saturated carbocycles. The van der Waals surface area contributed by atoms with E-state index in [0.29, 0.717) is 64.9 Å². The SMILES string of the molecule is CCOc1cc(C=Nn2c(-c3cc4ccccc4o3)nc3ccccc3c2=O)c(Br)c(Br)c1OCc1ccc(Cl)c(Cl)c1. The van der Waals surface area contributed by atoms with Gasteiger partial charge in [0.05, 0.1) is 38.2 Å². The minimum atomic E-state index is -0.334. The fourth-order valence-corrected chi connectivity index (χ4v) is 5.74. The number of aromatic nitrogens is 2. The van der Waals surface area contributed by atoms with Gasteiger partial charge in [-0.3, -0.25) is 4.79 Å². The summed E-state index contributed by atoms with van der Waals surface area (Å²) in [4.78, 5) is 18.4. The molecular formula is C32H21Br2Cl2N3O4. The average Bonchev–Trinajstić information content (AvgIpc) is 3.45. The van der Waals surface area contributed by atoms with Crippen molar-refractivity contribution in [3.63, 3.8) is 0 Å². The highest BCUT2D eigenvalue weighted by Gasteiger charge is 2.19. The summed E-state index contributed by atoms with van der Waals surface area (Å²) in [7, 11) is 0. The normalized spacial score (nSPS) is 11.6. The van der Waals surface area contributed by atoms with Crippen LogP contribution in [0.2, 0.25) is 10.0 Å². The van der Waals surface area contributed by atoms with Gasteiger partial charge in [0, 0.05) is 15.4 Å². The fraction of sp³-hybridized carbons (Fsp3) is 0.0938. The number of furan rings is 1. The standard InChI is InChI=1S/C32H21Br2Cl2N3O4/c1-2-41-26-15-20(28(33)29(34)30(26)42-17-18-11-12-22(35)23(36)13-18)16-37-39-31(27-14-19-7-3-6-10-25(19)43-27)38-24-9-5-4-8-21(24)32(39)40/h3-16H,2,17H2,1H3. The molecule has 2 aromatic heterocycles. The van der Waals surface area contributed by atoms with Gasteiger partial charge in [0.15, 0.2) is 17.3 Å². The maximum absolute atomic E-state index is 13.7. The van der Waals surface area contributed by atoms with E-state index in [1.165, 1.54) is 4.68 Å². The number of benzene rings is 4. The van der Waals surface area contributed by atoms with Gasteiger partial charge in [-0.15, -0.1) is 0 Å². The summed E-state index contributed by atoms with van der Waals surface area (Å²) in [5.74, 6) is 1.67. The molecule has 2 heterocycles. The predicted octanol–water partition coefficient (Wildman–Crippen LogP) is 9.50. The number of para-hydroxylation sites is 2. The smallest absolute Gasteiger partial charge is 0.282 e. The van der Waals surface area contributed by atoms with E-state index in [2.05, 4.69) is 37.0 Å². The van der Waals surface area contributed by atoms with Crippen LogP contribution in [-0.2, 0) is 6.61 Å². The molecule has 0 saturated heterocycles. The minimum absolute atomic E-state index is 0.231. The summed E-state index contributed by atoms with van der Waals surface area (Å²) in [6.45, 7) is 2.51. The molecule has 216 valence electrons. The zero-order valence-corrected chi connectivity index (χ0v) is 27.2. The Hall–Kier alpha value is -3.63. The number of ether oxygens (including phenoxy) is 2. The van der Waals surface area contributed by atoms with Crippen molar-refractivity contribution in [2.45, 2.75) is 13.5 Å². The summed E-state index contributed by atoms with van der Waals surface area (Å²) in [5, 5.41) is 6.83. The van der Waals surface area contributed by atoms with Gasteiger partial charge < -0.3 is 13.9 Å². The van der Waals surface area contributed by atoms with Gasteiger partial charge in [-0.25, -0.2) is 4.98 Å². The highest BCUT2D eigenvalue weighted by atomic mass is 79.9. The molecule has 11 heteroatoms. The van der Waals surface area contributed by atoms with Crippen LogP contribution in [0.15, 0.2) is 102 Å². The van der Waals surface area contributed by atoms with Crippen LogP contribution in [0.3, 0.4) is 0 Å². The predicted molar refractivity (Wildman–Crippen MR) is 178 cm³/mol. The van der Waals surface area contributed by atoms with Crippen LogP contribution in [0.4, 0.5) is 0 Å². The Bertz CT molecular complexity index is 2060. The topological polar surface area (TPSA) is 78.9 Å². The molecule has 0 bridgehead atoms. The molecule has 0 fully saturated rings. The first kappa shape index (κ1) is 29.4. The number of halogens is 4. The summed E-state index contributed by atoms with van der Waals surface area (Å²) < 4.78 is 20.7. The highest BCUT2D eigenvalue weighted by molar-refractivity contribution is 9.13. The maximum Gasteiger partial charge on any atom is 0.282 e. The Kier molecular flexibility index (Phi) is 8.59. The summed E-state index contributed by atoms with van der Waals surface area (Å²) >= 11 is 19.5. The number of nitrogens with zero attached hydrogens (tertiary/aromatic N) is 3. The Morgan fingerprint density at radius 2 is 1.74 bits per heavy atom. The largest absolute Gasteiger partial charge is 0.490 e. The van der Waals surface area contributed by atoms with Gasteiger partial charge in [0.2, 0.25) is 5.82 Å². The molecule has 43 heavy (non-hydrogen) atoms. The summed E-state index contributed by atoms with van der Waals surface area (Å²) in [6.07, 6.45) is 1.56. The second-order valence-electron chi connectivity index (χ2n) is 9.35. The molecule has 0 spiro atoms. The van der Waals surface area contributed by atoms with Gasteiger partial charge in [-0.05, 0) is 86.8 Å². The minimum Gasteiger partial charge on any atom is -0.490 e. The Morgan fingerprint density at radius 1 is 0.953 bits per heavy atom. The molecule has 0 aliphatic heterocycles. The van der Waals surface area contributed by atoms with E-state index in [4.69, 9.17) is 42.1 Å². The molecule has 0 radical (unpaired) electrons. The van der Waals surface area contributed by atoms with Crippen LogP contribution < -0.4 is 15.0 Å². The molecule has 4 aromatic carbocycles. The van der Waals surface area contributed by atoms with Gasteiger partial charge in [0.1, 0.15) is 12.2 Å². The van der Waals surface area contributed by atoms with Crippen molar-refractivity contribution in [3.8, 4) is 23.1 Å². The molecule has 0 aliphatic rings. The Labute approximate surface area is 272 Å². The molecule has 0 N–H and O–H groups in total. The monoisotopic (exact) mass is 739 g/mol. The third-order valence-corrected chi connectivity index (χ3v) is 9.42. The molecule has 6 rings (SSSR count). The first-order chi connectivity index (χ1) is 20.8. The van der Waals surface area contributed by atoms with Gasteiger partial charge in [-0.2, -0.15) is 9.78 Å². The molecule has 7 nitrogen and oxygen atoms in total. The summed E-state index contributed by atoms with van der Waals surface area (Å²) in [6, 6.07) is 23.7. The van der Waals surface area contributed by atoms with Gasteiger partial charge in [0.25, 0.3) is 5.56 Å². The number of fused-ring (bicyclic) bond motifs is 2. The Morgan fingerprint density at radius 3 is 2.53 bits per heavy atom. The van der Waals surface area contributed by atoms with Crippen LogP contribution in [0.25, 0.3) is 33.5 Å². The zero-order chi connectivity index (χ0) is 30.1. The van der Waals surface area contributed by atoms with E-state index in [0.717, 1.165) is 10.9 Å². The number of hydrogen-bond acceptors (Lipinski definition) is 6. The van der Waals surface area contributed by atoms with Crippen molar-refractivity contribution in [1.29, 1.82) is 0 Å². The van der Waals surface area contributed by atoms with Crippen LogP contribution in [0.1, 0.15) is 18.1 Å². The van der Waals surface area contributed by atoms with Crippen molar-refractivity contribution in [2.75, 3.05) is 6.61 Å². The van der Waals surface area contributed by atoms with Gasteiger partial charge >= 0.3 is 0 Å². The zero-order valence-electron chi connectivity index (χ0n) is 22.5. The van der Waals surface area contributed by atoms with Crippen molar-refractivity contribution >= 4 is 83.1 Å². The quantitative estimate of drug-likeness (QED) is 0.145. The lowest BCUT2D eigenvalue weighted by Crippen LogP contribution is -2.20. The second kappa shape index (κ2) is 12.5. The lowest BCUT2D eigenvalue weighted by Gasteiger charge is -2.16. The lowest BCUT2D eigenvalue weighted by atomic mass is 10.2. The van der Waals surface area contributed by atoms with E-state index in [1.54, 1.807) is 42.6 Å². The molecule has 0 unspecified atom stereocenters.